The van der Waals surface area contributed by atoms with Crippen LogP contribution in [-0.4, -0.2) is 25.4 Å². The average molecular weight is 335 g/mol. The predicted molar refractivity (Wildman–Crippen MR) is 96.9 cm³/mol. The largest absolute Gasteiger partial charge is 0.323 e. The number of hydrogen-bond donors (Lipinski definition) is 1. The van der Waals surface area contributed by atoms with E-state index in [2.05, 4.69) is 20.3 Å². The van der Waals surface area contributed by atoms with E-state index >= 15 is 0 Å². The predicted octanol–water partition coefficient (Wildman–Crippen LogP) is 3.08. The number of aryl methyl sites for hydroxylation is 3. The maximum atomic E-state index is 12.2. The van der Waals surface area contributed by atoms with Crippen molar-refractivity contribution in [2.24, 2.45) is 0 Å². The molecule has 1 N–H and O–H groups in total. The topological polar surface area (TPSA) is 72.7 Å². The third-order valence-electron chi connectivity index (χ3n) is 4.08. The molecule has 2 aromatic heterocycles. The van der Waals surface area contributed by atoms with Crippen molar-refractivity contribution < 1.29 is 4.79 Å². The number of aromatic nitrogens is 4. The van der Waals surface area contributed by atoms with Crippen LogP contribution in [0, 0.1) is 27.7 Å². The van der Waals surface area contributed by atoms with E-state index in [-0.39, 0.29) is 5.91 Å². The van der Waals surface area contributed by atoms with Crippen LogP contribution in [0.3, 0.4) is 0 Å². The number of nitrogens with zero attached hydrogens (tertiary/aromatic N) is 4. The summed E-state index contributed by atoms with van der Waals surface area (Å²) in [5, 5.41) is 2.83. The highest BCUT2D eigenvalue weighted by molar-refractivity contribution is 5.91. The van der Waals surface area contributed by atoms with Gasteiger partial charge in [0, 0.05) is 5.69 Å². The summed E-state index contributed by atoms with van der Waals surface area (Å²) in [7, 11) is 0. The van der Waals surface area contributed by atoms with Crippen LogP contribution >= 0.6 is 0 Å². The van der Waals surface area contributed by atoms with Gasteiger partial charge in [-0.15, -0.1) is 0 Å². The molecule has 0 bridgehead atoms. The Hall–Kier alpha value is -3.02. The molecule has 0 aliphatic heterocycles. The zero-order valence-corrected chi connectivity index (χ0v) is 14.9. The second-order valence-electron chi connectivity index (χ2n) is 6.15. The summed E-state index contributed by atoms with van der Waals surface area (Å²) in [4.78, 5) is 25.3. The number of nitrogens with one attached hydrogen (secondary N) is 1. The average Bonchev–Trinajstić information content (AvgIpc) is 2.81. The third kappa shape index (κ3) is 3.74. The fraction of sp³-hybridized carbons (Fsp3) is 0.263. The summed E-state index contributed by atoms with van der Waals surface area (Å²) in [6.07, 6.45) is 3.55. The fourth-order valence-electron chi connectivity index (χ4n) is 2.79. The molecule has 3 rings (SSSR count). The first kappa shape index (κ1) is 16.8. The van der Waals surface area contributed by atoms with Crippen molar-refractivity contribution >= 4 is 11.6 Å². The summed E-state index contributed by atoms with van der Waals surface area (Å²) in [5.74, 6) is 1.30. The van der Waals surface area contributed by atoms with Gasteiger partial charge in [0.1, 0.15) is 5.82 Å². The van der Waals surface area contributed by atoms with Crippen molar-refractivity contribution in [3.8, 4) is 5.95 Å². The molecule has 0 atom stereocenters. The van der Waals surface area contributed by atoms with Crippen molar-refractivity contribution in [1.82, 2.24) is 19.5 Å². The molecule has 1 aromatic carbocycles. The summed E-state index contributed by atoms with van der Waals surface area (Å²) >= 11 is 0. The van der Waals surface area contributed by atoms with E-state index in [9.17, 15) is 4.79 Å². The van der Waals surface area contributed by atoms with E-state index in [1.165, 1.54) is 0 Å². The van der Waals surface area contributed by atoms with Gasteiger partial charge in [0.25, 0.3) is 0 Å². The molecule has 128 valence electrons. The van der Waals surface area contributed by atoms with Gasteiger partial charge in [-0.2, -0.15) is 0 Å². The number of carbonyl (C=O) groups is 1. The Morgan fingerprint density at radius 1 is 1.12 bits per heavy atom. The lowest BCUT2D eigenvalue weighted by molar-refractivity contribution is -0.115. The second-order valence-corrected chi connectivity index (χ2v) is 6.15. The van der Waals surface area contributed by atoms with Crippen LogP contribution < -0.4 is 5.32 Å². The Labute approximate surface area is 147 Å². The lowest BCUT2D eigenvalue weighted by Crippen LogP contribution is -2.15. The molecule has 0 fully saturated rings. The smallest absolute Gasteiger partial charge is 0.235 e. The van der Waals surface area contributed by atoms with Crippen LogP contribution in [0.2, 0.25) is 0 Å². The molecule has 1 amide bonds. The van der Waals surface area contributed by atoms with Gasteiger partial charge in [0.15, 0.2) is 0 Å². The van der Waals surface area contributed by atoms with Gasteiger partial charge in [0.05, 0.1) is 30.2 Å². The van der Waals surface area contributed by atoms with Gasteiger partial charge < -0.3 is 5.32 Å². The number of amides is 1. The molecule has 3 aromatic rings. The van der Waals surface area contributed by atoms with E-state index < -0.39 is 0 Å². The number of imidazole rings is 1. The molecule has 6 heteroatoms. The van der Waals surface area contributed by atoms with E-state index in [0.717, 1.165) is 28.3 Å². The summed E-state index contributed by atoms with van der Waals surface area (Å²) in [5.41, 5.74) is 4.66. The van der Waals surface area contributed by atoms with Crippen molar-refractivity contribution in [3.63, 3.8) is 0 Å². The third-order valence-corrected chi connectivity index (χ3v) is 4.08. The molecule has 0 saturated carbocycles. The molecule has 0 unspecified atom stereocenters. The molecule has 0 saturated heterocycles. The van der Waals surface area contributed by atoms with E-state index in [0.29, 0.717) is 18.1 Å². The minimum atomic E-state index is -0.0900. The minimum absolute atomic E-state index is 0.0900. The Morgan fingerprint density at radius 3 is 2.44 bits per heavy atom. The number of anilines is 1. The van der Waals surface area contributed by atoms with Crippen LogP contribution in [0.5, 0.6) is 0 Å². The Morgan fingerprint density at radius 2 is 1.84 bits per heavy atom. The summed E-state index contributed by atoms with van der Waals surface area (Å²) in [6.45, 7) is 7.87. The quantitative estimate of drug-likeness (QED) is 0.795. The molecule has 0 aliphatic rings. The second kappa shape index (κ2) is 6.84. The van der Waals surface area contributed by atoms with E-state index in [4.69, 9.17) is 0 Å². The highest BCUT2D eigenvalue weighted by Crippen LogP contribution is 2.15. The molecule has 0 radical (unpaired) electrons. The maximum Gasteiger partial charge on any atom is 0.235 e. The Balaban J connectivity index is 1.71. The number of rotatable bonds is 4. The summed E-state index contributed by atoms with van der Waals surface area (Å²) in [6, 6.07) is 7.91. The van der Waals surface area contributed by atoms with Crippen molar-refractivity contribution in [2.45, 2.75) is 34.1 Å². The highest BCUT2D eigenvalue weighted by atomic mass is 16.1. The first-order valence-electron chi connectivity index (χ1n) is 8.14. The number of carbonyl (C=O) groups excluding carboxylic acids is 1. The molecule has 0 spiro atoms. The van der Waals surface area contributed by atoms with Gasteiger partial charge in [-0.3, -0.25) is 9.36 Å². The maximum absolute atomic E-state index is 12.2. The van der Waals surface area contributed by atoms with Crippen LogP contribution in [0.25, 0.3) is 5.95 Å². The van der Waals surface area contributed by atoms with Crippen molar-refractivity contribution in [2.75, 3.05) is 5.32 Å². The molecule has 0 aliphatic carbocycles. The highest BCUT2D eigenvalue weighted by Gasteiger charge is 2.12. The van der Waals surface area contributed by atoms with Gasteiger partial charge in [0.2, 0.25) is 11.9 Å². The monoisotopic (exact) mass is 335 g/mol. The SMILES string of the molecule is Cc1cccc(CC(=O)Nc2cnc(-n3c(C)nc(C)c3C)nc2)c1. The Kier molecular flexibility index (Phi) is 4.61. The van der Waals surface area contributed by atoms with Gasteiger partial charge in [-0.05, 0) is 33.3 Å². The molecule has 2 heterocycles. The fourth-order valence-corrected chi connectivity index (χ4v) is 2.79. The van der Waals surface area contributed by atoms with Crippen LogP contribution in [0.4, 0.5) is 5.69 Å². The van der Waals surface area contributed by atoms with Gasteiger partial charge in [-0.1, -0.05) is 29.8 Å². The van der Waals surface area contributed by atoms with Gasteiger partial charge in [-0.25, -0.2) is 15.0 Å². The first-order valence-corrected chi connectivity index (χ1v) is 8.14. The van der Waals surface area contributed by atoms with Crippen LogP contribution in [0.1, 0.15) is 28.3 Å². The number of hydrogen-bond acceptors (Lipinski definition) is 4. The molecular formula is C19H21N5O. The van der Waals surface area contributed by atoms with Gasteiger partial charge >= 0.3 is 0 Å². The first-order chi connectivity index (χ1) is 11.9. The standard InChI is InChI=1S/C19H21N5O/c1-12-6-5-7-16(8-12)9-18(25)23-17-10-20-19(21-11-17)24-14(3)13(2)22-15(24)4/h5-8,10-11H,9H2,1-4H3,(H,23,25). The summed E-state index contributed by atoms with van der Waals surface area (Å²) < 4.78 is 1.90. The van der Waals surface area contributed by atoms with Crippen LogP contribution in [-0.2, 0) is 11.2 Å². The Bertz CT molecular complexity index is 912. The normalized spacial score (nSPS) is 10.7. The number of benzene rings is 1. The zero-order valence-electron chi connectivity index (χ0n) is 14.9. The molecular weight excluding hydrogens is 314 g/mol. The minimum Gasteiger partial charge on any atom is -0.323 e. The molecule has 25 heavy (non-hydrogen) atoms. The van der Waals surface area contributed by atoms with E-state index in [1.54, 1.807) is 12.4 Å². The lowest BCUT2D eigenvalue weighted by Gasteiger charge is -2.08. The van der Waals surface area contributed by atoms with Crippen molar-refractivity contribution in [1.29, 1.82) is 0 Å². The van der Waals surface area contributed by atoms with Crippen molar-refractivity contribution in [3.05, 3.63) is 65.0 Å². The molecule has 6 nitrogen and oxygen atoms in total. The zero-order chi connectivity index (χ0) is 18.0. The van der Waals surface area contributed by atoms with E-state index in [1.807, 2.05) is 56.5 Å². The lowest BCUT2D eigenvalue weighted by atomic mass is 10.1. The van der Waals surface area contributed by atoms with Crippen LogP contribution in [0.15, 0.2) is 36.7 Å².